The molecule has 1 aliphatic carbocycles. The second kappa shape index (κ2) is 8.77. The van der Waals surface area contributed by atoms with E-state index >= 15 is 0 Å². The quantitative estimate of drug-likeness (QED) is 0.612. The van der Waals surface area contributed by atoms with Gasteiger partial charge in [-0.05, 0) is 37.0 Å². The Balaban J connectivity index is 1.38. The minimum absolute atomic E-state index is 0.0321. The number of rotatable bonds is 9. The second-order valence-electron chi connectivity index (χ2n) is 6.11. The van der Waals surface area contributed by atoms with Crippen LogP contribution >= 0.6 is 11.3 Å². The summed E-state index contributed by atoms with van der Waals surface area (Å²) in [4.78, 5) is 27.7. The fourth-order valence-corrected chi connectivity index (χ4v) is 2.97. The summed E-state index contributed by atoms with van der Waals surface area (Å²) in [6.07, 6.45) is 2.82. The first-order chi connectivity index (χ1) is 12.6. The van der Waals surface area contributed by atoms with E-state index in [4.69, 9.17) is 10.5 Å². The maximum absolute atomic E-state index is 12.0. The molecular weight excluding hydrogens is 352 g/mol. The van der Waals surface area contributed by atoms with Crippen molar-refractivity contribution in [3.05, 3.63) is 45.9 Å². The second-order valence-corrected chi connectivity index (χ2v) is 7.05. The molecular formula is C18H22N4O3S. The van der Waals surface area contributed by atoms with Gasteiger partial charge in [-0.2, -0.15) is 0 Å². The zero-order valence-electron chi connectivity index (χ0n) is 14.4. The van der Waals surface area contributed by atoms with Crippen molar-refractivity contribution in [2.45, 2.75) is 31.8 Å². The summed E-state index contributed by atoms with van der Waals surface area (Å²) in [5, 5.41) is 8.18. The number of benzene rings is 1. The third-order valence-corrected chi connectivity index (χ3v) is 4.77. The van der Waals surface area contributed by atoms with Crippen LogP contribution in [0.4, 0.5) is 0 Å². The summed E-state index contributed by atoms with van der Waals surface area (Å²) in [6.45, 7) is 0.886. The summed E-state index contributed by atoms with van der Waals surface area (Å²) in [5.41, 5.74) is 6.97. The minimum Gasteiger partial charge on any atom is -0.484 e. The molecule has 1 aromatic heterocycles. The van der Waals surface area contributed by atoms with Crippen LogP contribution in [0.25, 0.3) is 0 Å². The van der Waals surface area contributed by atoms with Crippen LogP contribution < -0.4 is 21.1 Å². The molecule has 0 bridgehead atoms. The highest BCUT2D eigenvalue weighted by Gasteiger charge is 2.23. The molecule has 0 aliphatic heterocycles. The molecule has 8 heteroatoms. The minimum atomic E-state index is -0.192. The van der Waals surface area contributed by atoms with Crippen molar-refractivity contribution in [2.24, 2.45) is 5.73 Å². The first-order valence-electron chi connectivity index (χ1n) is 8.58. The van der Waals surface area contributed by atoms with Crippen LogP contribution in [0.5, 0.6) is 5.75 Å². The van der Waals surface area contributed by atoms with Crippen molar-refractivity contribution in [3.63, 3.8) is 0 Å². The van der Waals surface area contributed by atoms with E-state index in [0.29, 0.717) is 37.0 Å². The topological polar surface area (TPSA) is 106 Å². The molecule has 4 N–H and O–H groups in total. The Morgan fingerprint density at radius 2 is 2.04 bits per heavy atom. The Bertz CT molecular complexity index is 756. The van der Waals surface area contributed by atoms with Gasteiger partial charge < -0.3 is 21.1 Å². The average molecular weight is 374 g/mol. The van der Waals surface area contributed by atoms with Crippen LogP contribution in [-0.4, -0.2) is 36.0 Å². The number of ether oxygens (including phenoxy) is 1. The molecule has 2 amide bonds. The Morgan fingerprint density at radius 3 is 2.69 bits per heavy atom. The van der Waals surface area contributed by atoms with Crippen LogP contribution in [0, 0.1) is 0 Å². The van der Waals surface area contributed by atoms with E-state index in [9.17, 15) is 9.59 Å². The third kappa shape index (κ3) is 5.53. The lowest BCUT2D eigenvalue weighted by molar-refractivity contribution is -0.123. The highest BCUT2D eigenvalue weighted by atomic mass is 32.1. The van der Waals surface area contributed by atoms with Gasteiger partial charge in [0.2, 0.25) is 0 Å². The summed E-state index contributed by atoms with van der Waals surface area (Å²) in [7, 11) is 0. The maximum Gasteiger partial charge on any atom is 0.270 e. The van der Waals surface area contributed by atoms with Gasteiger partial charge in [0.15, 0.2) is 6.61 Å². The van der Waals surface area contributed by atoms with Gasteiger partial charge in [-0.3, -0.25) is 9.59 Å². The fraction of sp³-hybridized carbons (Fsp3) is 0.389. The standard InChI is InChI=1S/C18H22N4O3S/c19-9-17-22-15(11-26-17)18(24)20-8-7-12-1-5-14(6-2-12)25-10-16(23)21-13-3-4-13/h1-2,5-6,11,13H,3-4,7-10,19H2,(H,20,24)(H,21,23). The van der Waals surface area contributed by atoms with Gasteiger partial charge >= 0.3 is 0 Å². The van der Waals surface area contributed by atoms with Crippen LogP contribution in [0.2, 0.25) is 0 Å². The lowest BCUT2D eigenvalue weighted by atomic mass is 10.1. The number of hydrogen-bond donors (Lipinski definition) is 3. The molecule has 1 heterocycles. The van der Waals surface area contributed by atoms with Gasteiger partial charge in [0.1, 0.15) is 16.5 Å². The Kier molecular flexibility index (Phi) is 6.19. The van der Waals surface area contributed by atoms with E-state index in [0.717, 1.165) is 23.4 Å². The van der Waals surface area contributed by atoms with Crippen molar-refractivity contribution >= 4 is 23.2 Å². The Hall–Kier alpha value is -2.45. The molecule has 2 aromatic rings. The van der Waals surface area contributed by atoms with E-state index in [-0.39, 0.29) is 18.4 Å². The monoisotopic (exact) mass is 374 g/mol. The molecule has 3 rings (SSSR count). The number of amides is 2. The third-order valence-electron chi connectivity index (χ3n) is 3.89. The van der Waals surface area contributed by atoms with Crippen LogP contribution in [0.15, 0.2) is 29.6 Å². The molecule has 0 saturated heterocycles. The largest absolute Gasteiger partial charge is 0.484 e. The number of carbonyl (C=O) groups is 2. The summed E-state index contributed by atoms with van der Waals surface area (Å²) in [5.74, 6) is 0.377. The van der Waals surface area contributed by atoms with Gasteiger partial charge in [-0.15, -0.1) is 11.3 Å². The molecule has 0 atom stereocenters. The van der Waals surface area contributed by atoms with Crippen molar-refractivity contribution < 1.29 is 14.3 Å². The number of aromatic nitrogens is 1. The SMILES string of the molecule is NCc1nc(C(=O)NCCc2ccc(OCC(=O)NC3CC3)cc2)cs1. The predicted molar refractivity (Wildman–Crippen MR) is 99.1 cm³/mol. The van der Waals surface area contributed by atoms with Gasteiger partial charge in [0.25, 0.3) is 11.8 Å². The molecule has 0 unspecified atom stereocenters. The molecule has 138 valence electrons. The van der Waals surface area contributed by atoms with Gasteiger partial charge in [0.05, 0.1) is 0 Å². The van der Waals surface area contributed by atoms with Crippen molar-refractivity contribution in [1.29, 1.82) is 0 Å². The Labute approximate surface area is 156 Å². The highest BCUT2D eigenvalue weighted by Crippen LogP contribution is 2.18. The summed E-state index contributed by atoms with van der Waals surface area (Å²) >= 11 is 1.38. The molecule has 1 saturated carbocycles. The molecule has 0 radical (unpaired) electrons. The first kappa shape index (κ1) is 18.3. The van der Waals surface area contributed by atoms with Crippen LogP contribution in [-0.2, 0) is 17.8 Å². The van der Waals surface area contributed by atoms with E-state index in [2.05, 4.69) is 15.6 Å². The van der Waals surface area contributed by atoms with Crippen molar-refractivity contribution in [1.82, 2.24) is 15.6 Å². The lowest BCUT2D eigenvalue weighted by Gasteiger charge is -2.08. The Morgan fingerprint density at radius 1 is 1.27 bits per heavy atom. The number of hydrogen-bond acceptors (Lipinski definition) is 6. The number of nitrogens with two attached hydrogens (primary N) is 1. The average Bonchev–Trinajstić information content (AvgIpc) is 3.33. The number of nitrogens with zero attached hydrogens (tertiary/aromatic N) is 1. The fourth-order valence-electron chi connectivity index (χ4n) is 2.32. The molecule has 1 aliphatic rings. The van der Waals surface area contributed by atoms with Crippen molar-refractivity contribution in [3.8, 4) is 5.75 Å². The first-order valence-corrected chi connectivity index (χ1v) is 9.46. The van der Waals surface area contributed by atoms with Gasteiger partial charge in [0, 0.05) is 24.5 Å². The predicted octanol–water partition coefficient (Wildman–Crippen LogP) is 1.23. The zero-order chi connectivity index (χ0) is 18.4. The molecule has 1 fully saturated rings. The lowest BCUT2D eigenvalue weighted by Crippen LogP contribution is -2.30. The number of carbonyl (C=O) groups excluding carboxylic acids is 2. The summed E-state index contributed by atoms with van der Waals surface area (Å²) in [6, 6.07) is 7.85. The molecule has 7 nitrogen and oxygen atoms in total. The molecule has 0 spiro atoms. The molecule has 1 aromatic carbocycles. The molecule has 26 heavy (non-hydrogen) atoms. The zero-order valence-corrected chi connectivity index (χ0v) is 15.2. The number of nitrogens with one attached hydrogen (secondary N) is 2. The normalized spacial score (nSPS) is 13.3. The summed E-state index contributed by atoms with van der Waals surface area (Å²) < 4.78 is 5.47. The van der Waals surface area contributed by atoms with E-state index in [1.165, 1.54) is 11.3 Å². The van der Waals surface area contributed by atoms with E-state index in [1.54, 1.807) is 5.38 Å². The number of thiazole rings is 1. The highest BCUT2D eigenvalue weighted by molar-refractivity contribution is 7.09. The smallest absolute Gasteiger partial charge is 0.270 e. The van der Waals surface area contributed by atoms with Gasteiger partial charge in [-0.1, -0.05) is 12.1 Å². The van der Waals surface area contributed by atoms with E-state index < -0.39 is 0 Å². The van der Waals surface area contributed by atoms with Crippen LogP contribution in [0.3, 0.4) is 0 Å². The maximum atomic E-state index is 12.0. The van der Waals surface area contributed by atoms with E-state index in [1.807, 2.05) is 24.3 Å². The van der Waals surface area contributed by atoms with Crippen molar-refractivity contribution in [2.75, 3.05) is 13.2 Å². The van der Waals surface area contributed by atoms with Gasteiger partial charge in [-0.25, -0.2) is 4.98 Å². The van der Waals surface area contributed by atoms with Crippen LogP contribution in [0.1, 0.15) is 33.9 Å².